The van der Waals surface area contributed by atoms with Crippen LogP contribution in [0.5, 0.6) is 5.75 Å². The molecule has 4 aromatic rings. The molecular formula is C32H28Br2N2O4S. The zero-order valence-electron chi connectivity index (χ0n) is 23.0. The van der Waals surface area contributed by atoms with Crippen LogP contribution in [0.4, 0.5) is 0 Å². The fourth-order valence-electron chi connectivity index (χ4n) is 4.65. The van der Waals surface area contributed by atoms with Crippen molar-refractivity contribution in [3.05, 3.63) is 128 Å². The van der Waals surface area contributed by atoms with Crippen LogP contribution in [0.1, 0.15) is 47.7 Å². The number of thiazole rings is 1. The van der Waals surface area contributed by atoms with E-state index in [4.69, 9.17) is 9.47 Å². The Labute approximate surface area is 258 Å². The van der Waals surface area contributed by atoms with Crippen LogP contribution in [-0.2, 0) is 16.1 Å². The third kappa shape index (κ3) is 6.17. The van der Waals surface area contributed by atoms with Crippen LogP contribution in [-0.4, -0.2) is 17.1 Å². The lowest BCUT2D eigenvalue weighted by atomic mass is 9.95. The number of nitrogens with zero attached hydrogens (tertiary/aromatic N) is 2. The third-order valence-corrected chi connectivity index (χ3v) is 8.89. The highest BCUT2D eigenvalue weighted by Gasteiger charge is 2.33. The van der Waals surface area contributed by atoms with E-state index in [-0.39, 0.29) is 12.2 Å². The Hall–Kier alpha value is -3.27. The van der Waals surface area contributed by atoms with Gasteiger partial charge in [0.1, 0.15) is 12.4 Å². The topological polar surface area (TPSA) is 69.9 Å². The van der Waals surface area contributed by atoms with Gasteiger partial charge < -0.3 is 9.47 Å². The van der Waals surface area contributed by atoms with Crippen LogP contribution in [0.3, 0.4) is 0 Å². The Balaban J connectivity index is 1.54. The van der Waals surface area contributed by atoms with E-state index in [1.54, 1.807) is 18.4 Å². The highest BCUT2D eigenvalue weighted by molar-refractivity contribution is 9.11. The monoisotopic (exact) mass is 694 g/mol. The molecule has 0 spiro atoms. The number of esters is 1. The number of ether oxygens (including phenoxy) is 2. The maximum absolute atomic E-state index is 13.9. The first kappa shape index (κ1) is 29.2. The Morgan fingerprint density at radius 3 is 2.22 bits per heavy atom. The molecule has 0 fully saturated rings. The molecule has 0 unspecified atom stereocenters. The molecule has 2 heterocycles. The lowest BCUT2D eigenvalue weighted by Gasteiger charge is -2.24. The van der Waals surface area contributed by atoms with Gasteiger partial charge in [0.25, 0.3) is 5.56 Å². The summed E-state index contributed by atoms with van der Waals surface area (Å²) in [5.41, 5.74) is 5.68. The van der Waals surface area contributed by atoms with Crippen LogP contribution in [0.25, 0.3) is 6.08 Å². The van der Waals surface area contributed by atoms with Crippen LogP contribution in [0.2, 0.25) is 0 Å². The van der Waals surface area contributed by atoms with Gasteiger partial charge in [0.05, 0.1) is 37.4 Å². The molecule has 1 aliphatic heterocycles. The lowest BCUT2D eigenvalue weighted by molar-refractivity contribution is -0.139. The number of carbonyl (C=O) groups excluding carboxylic acids is 1. The van der Waals surface area contributed by atoms with Crippen molar-refractivity contribution in [1.82, 2.24) is 4.57 Å². The van der Waals surface area contributed by atoms with Crippen LogP contribution in [0, 0.1) is 13.8 Å². The molecule has 5 rings (SSSR count). The largest absolute Gasteiger partial charge is 0.487 e. The van der Waals surface area contributed by atoms with Gasteiger partial charge in [-0.25, -0.2) is 9.79 Å². The van der Waals surface area contributed by atoms with Crippen molar-refractivity contribution in [1.29, 1.82) is 0 Å². The quantitative estimate of drug-likeness (QED) is 0.207. The van der Waals surface area contributed by atoms with Crippen LogP contribution < -0.4 is 19.6 Å². The van der Waals surface area contributed by atoms with Crippen molar-refractivity contribution in [3.63, 3.8) is 0 Å². The number of aryl methyl sites for hydroxylation is 2. The summed E-state index contributed by atoms with van der Waals surface area (Å²) in [5.74, 6) is 0.209. The molecule has 1 aromatic heterocycles. The molecule has 0 saturated heterocycles. The second kappa shape index (κ2) is 12.3. The van der Waals surface area contributed by atoms with Gasteiger partial charge in [-0.3, -0.25) is 9.36 Å². The average Bonchev–Trinajstić information content (AvgIpc) is 3.23. The number of carbonyl (C=O) groups is 1. The molecule has 0 N–H and O–H groups in total. The lowest BCUT2D eigenvalue weighted by Crippen LogP contribution is -2.39. The summed E-state index contributed by atoms with van der Waals surface area (Å²) in [7, 11) is 0. The number of hydrogen-bond acceptors (Lipinski definition) is 6. The number of allylic oxidation sites excluding steroid dienone is 1. The Bertz CT molecular complexity index is 1820. The summed E-state index contributed by atoms with van der Waals surface area (Å²) in [6.45, 7) is 8.26. The van der Waals surface area contributed by atoms with Gasteiger partial charge in [0.2, 0.25) is 0 Å². The standard InChI is InChI=1S/C32H28Br2N2O4S/c1-5-39-31(38)27-20(4)35-32-36(28(27)23-12-8-19(3)9-13-23)30(37)26(41-32)16-22-14-24(33)29(25(34)15-22)40-17-21-10-6-18(2)7-11-21/h6-16,28H,5,17H2,1-4H3/b26-16+/t28-/m1/s1. The Kier molecular flexibility index (Phi) is 8.77. The molecule has 0 saturated carbocycles. The van der Waals surface area contributed by atoms with Crippen molar-refractivity contribution in [2.45, 2.75) is 40.3 Å². The predicted octanol–water partition coefficient (Wildman–Crippen LogP) is 6.52. The fraction of sp³-hybridized carbons (Fsp3) is 0.219. The minimum absolute atomic E-state index is 0.222. The molecule has 3 aromatic carbocycles. The summed E-state index contributed by atoms with van der Waals surface area (Å²) in [4.78, 5) is 32.1. The predicted molar refractivity (Wildman–Crippen MR) is 169 cm³/mol. The van der Waals surface area contributed by atoms with Crippen molar-refractivity contribution in [2.24, 2.45) is 4.99 Å². The molecule has 0 aliphatic carbocycles. The van der Waals surface area contributed by atoms with Crippen LogP contribution >= 0.6 is 43.2 Å². The van der Waals surface area contributed by atoms with E-state index in [2.05, 4.69) is 55.9 Å². The zero-order valence-corrected chi connectivity index (χ0v) is 27.0. The highest BCUT2D eigenvalue weighted by Crippen LogP contribution is 2.36. The molecule has 0 radical (unpaired) electrons. The van der Waals surface area contributed by atoms with Gasteiger partial charge in [-0.15, -0.1) is 0 Å². The highest BCUT2D eigenvalue weighted by atomic mass is 79.9. The van der Waals surface area contributed by atoms with E-state index in [1.807, 2.05) is 61.5 Å². The molecule has 1 atom stereocenters. The van der Waals surface area contributed by atoms with Crippen molar-refractivity contribution < 1.29 is 14.3 Å². The third-order valence-electron chi connectivity index (χ3n) is 6.73. The van der Waals surface area contributed by atoms with Gasteiger partial charge in [-0.2, -0.15) is 0 Å². The summed E-state index contributed by atoms with van der Waals surface area (Å²) < 4.78 is 15.1. The Morgan fingerprint density at radius 1 is 1.00 bits per heavy atom. The number of rotatable bonds is 7. The molecule has 9 heteroatoms. The van der Waals surface area contributed by atoms with E-state index in [9.17, 15) is 9.59 Å². The van der Waals surface area contributed by atoms with Crippen molar-refractivity contribution in [3.8, 4) is 5.75 Å². The van der Waals surface area contributed by atoms with E-state index < -0.39 is 12.0 Å². The molecule has 0 amide bonds. The first-order chi connectivity index (χ1) is 19.7. The Morgan fingerprint density at radius 2 is 1.61 bits per heavy atom. The zero-order chi connectivity index (χ0) is 29.3. The fourth-order valence-corrected chi connectivity index (χ4v) is 7.14. The first-order valence-corrected chi connectivity index (χ1v) is 15.5. The second-order valence-corrected chi connectivity index (χ2v) is 12.5. The van der Waals surface area contributed by atoms with Gasteiger partial charge in [-0.1, -0.05) is 71.0 Å². The molecule has 210 valence electrons. The SMILES string of the molecule is CCOC(=O)C1=C(C)N=c2s/c(=C/c3cc(Br)c(OCc4ccc(C)cc4)c(Br)c3)c(=O)n2[C@@H]1c1ccc(C)cc1. The molecular weight excluding hydrogens is 668 g/mol. The van der Waals surface area contributed by atoms with Gasteiger partial charge in [0.15, 0.2) is 4.80 Å². The smallest absolute Gasteiger partial charge is 0.338 e. The van der Waals surface area contributed by atoms with Gasteiger partial charge >= 0.3 is 5.97 Å². The summed E-state index contributed by atoms with van der Waals surface area (Å²) in [5, 5.41) is 0. The molecule has 1 aliphatic rings. The summed E-state index contributed by atoms with van der Waals surface area (Å²) in [6.07, 6.45) is 1.83. The molecule has 41 heavy (non-hydrogen) atoms. The maximum atomic E-state index is 13.9. The van der Waals surface area contributed by atoms with Gasteiger partial charge in [-0.05, 0) is 94.5 Å². The van der Waals surface area contributed by atoms with E-state index in [0.717, 1.165) is 31.2 Å². The van der Waals surface area contributed by atoms with Crippen molar-refractivity contribution >= 4 is 55.2 Å². The number of fused-ring (bicyclic) bond motifs is 1. The number of hydrogen-bond donors (Lipinski definition) is 0. The minimum atomic E-state index is -0.635. The maximum Gasteiger partial charge on any atom is 0.338 e. The van der Waals surface area contributed by atoms with E-state index >= 15 is 0 Å². The number of halogens is 2. The number of benzene rings is 3. The average molecular weight is 696 g/mol. The summed E-state index contributed by atoms with van der Waals surface area (Å²) in [6, 6.07) is 19.2. The van der Waals surface area contributed by atoms with Gasteiger partial charge in [0, 0.05) is 0 Å². The summed E-state index contributed by atoms with van der Waals surface area (Å²) >= 11 is 8.56. The first-order valence-electron chi connectivity index (χ1n) is 13.1. The second-order valence-electron chi connectivity index (χ2n) is 9.80. The minimum Gasteiger partial charge on any atom is -0.487 e. The molecule has 6 nitrogen and oxygen atoms in total. The normalized spacial score (nSPS) is 15.0. The molecule has 0 bridgehead atoms. The van der Waals surface area contributed by atoms with E-state index in [0.29, 0.717) is 33.0 Å². The van der Waals surface area contributed by atoms with Crippen molar-refractivity contribution in [2.75, 3.05) is 6.61 Å². The van der Waals surface area contributed by atoms with E-state index in [1.165, 1.54) is 16.9 Å². The van der Waals surface area contributed by atoms with Crippen LogP contribution in [0.15, 0.2) is 90.7 Å². The number of aromatic nitrogens is 1.